The van der Waals surface area contributed by atoms with Crippen LogP contribution in [0.15, 0.2) is 29.2 Å². The molecule has 1 aromatic rings. The molecule has 4 nitrogen and oxygen atoms in total. The van der Waals surface area contributed by atoms with Gasteiger partial charge in [0.25, 0.3) is 0 Å². The van der Waals surface area contributed by atoms with Crippen LogP contribution in [0.4, 0.5) is 0 Å². The summed E-state index contributed by atoms with van der Waals surface area (Å²) in [5.74, 6) is -0.0747. The van der Waals surface area contributed by atoms with Crippen molar-refractivity contribution < 1.29 is 13.2 Å². The van der Waals surface area contributed by atoms with Crippen molar-refractivity contribution in [2.45, 2.75) is 39.1 Å². The van der Waals surface area contributed by atoms with E-state index in [9.17, 15) is 13.2 Å². The molecule has 0 saturated carbocycles. The second kappa shape index (κ2) is 6.19. The molecule has 0 spiro atoms. The van der Waals surface area contributed by atoms with E-state index in [1.54, 1.807) is 24.3 Å². The van der Waals surface area contributed by atoms with E-state index in [-0.39, 0.29) is 22.1 Å². The molecule has 1 N–H and O–H groups in total. The Labute approximate surface area is 116 Å². The molecule has 1 atom stereocenters. The number of carbonyl (C=O) groups is 1. The Balaban J connectivity index is 2.60. The van der Waals surface area contributed by atoms with Crippen molar-refractivity contribution >= 4 is 16.6 Å². The molecule has 106 valence electrons. The summed E-state index contributed by atoms with van der Waals surface area (Å²) in [4.78, 5) is 12.2. The van der Waals surface area contributed by atoms with E-state index in [0.717, 1.165) is 5.56 Å². The Morgan fingerprint density at radius 2 is 1.74 bits per heavy atom. The Kier molecular flexibility index (Phi) is 5.11. The van der Waals surface area contributed by atoms with Crippen LogP contribution in [-0.4, -0.2) is 14.3 Å². The maximum absolute atomic E-state index is 11.9. The largest absolute Gasteiger partial charge is 0.352 e. The topological polar surface area (TPSA) is 63.2 Å². The Bertz CT molecular complexity index is 504. The number of nitrogens with one attached hydrogen (secondary N) is 1. The summed E-state index contributed by atoms with van der Waals surface area (Å²) in [6, 6.07) is 6.51. The SMILES string of the molecule is CC(C(=O)NCc1ccc([SH](=O)=O)cc1)C(C)(C)C. The summed E-state index contributed by atoms with van der Waals surface area (Å²) in [5.41, 5.74) is 0.810. The van der Waals surface area contributed by atoms with Gasteiger partial charge >= 0.3 is 0 Å². The normalized spacial score (nSPS) is 13.3. The van der Waals surface area contributed by atoms with Crippen molar-refractivity contribution in [1.82, 2.24) is 5.32 Å². The first-order chi connectivity index (χ1) is 8.71. The predicted molar refractivity (Wildman–Crippen MR) is 75.5 cm³/mol. The molecule has 1 amide bonds. The third kappa shape index (κ3) is 4.67. The zero-order valence-electron chi connectivity index (χ0n) is 11.8. The molecule has 0 aliphatic heterocycles. The third-order valence-corrected chi connectivity index (χ3v) is 4.03. The van der Waals surface area contributed by atoms with Gasteiger partial charge in [-0.15, -0.1) is 0 Å². The van der Waals surface area contributed by atoms with Gasteiger partial charge in [0.2, 0.25) is 5.91 Å². The van der Waals surface area contributed by atoms with Crippen LogP contribution in [0.1, 0.15) is 33.3 Å². The summed E-state index contributed by atoms with van der Waals surface area (Å²) >= 11 is 0. The van der Waals surface area contributed by atoms with Crippen LogP contribution in [0.2, 0.25) is 0 Å². The first-order valence-corrected chi connectivity index (χ1v) is 7.40. The molecule has 0 aromatic heterocycles. The van der Waals surface area contributed by atoms with Gasteiger partial charge < -0.3 is 5.32 Å². The average Bonchev–Trinajstić information content (AvgIpc) is 2.34. The van der Waals surface area contributed by atoms with Crippen molar-refractivity contribution in [3.05, 3.63) is 29.8 Å². The van der Waals surface area contributed by atoms with Gasteiger partial charge in [-0.2, -0.15) is 0 Å². The first kappa shape index (κ1) is 15.7. The molecule has 1 rings (SSSR count). The Morgan fingerprint density at radius 3 is 2.16 bits per heavy atom. The van der Waals surface area contributed by atoms with Gasteiger partial charge in [-0.25, -0.2) is 8.42 Å². The minimum atomic E-state index is -2.54. The third-order valence-electron chi connectivity index (χ3n) is 3.31. The fourth-order valence-corrected chi connectivity index (χ4v) is 1.86. The van der Waals surface area contributed by atoms with Crippen LogP contribution in [0, 0.1) is 11.3 Å². The maximum Gasteiger partial charge on any atom is 0.223 e. The van der Waals surface area contributed by atoms with Crippen molar-refractivity contribution in [3.63, 3.8) is 0 Å². The molecule has 0 aliphatic carbocycles. The van der Waals surface area contributed by atoms with Gasteiger partial charge in [0.1, 0.15) is 0 Å². The van der Waals surface area contributed by atoms with Crippen LogP contribution in [0.3, 0.4) is 0 Å². The van der Waals surface area contributed by atoms with E-state index in [1.807, 2.05) is 27.7 Å². The van der Waals surface area contributed by atoms with E-state index in [0.29, 0.717) is 6.54 Å². The lowest BCUT2D eigenvalue weighted by molar-refractivity contribution is -0.127. The first-order valence-electron chi connectivity index (χ1n) is 6.23. The predicted octanol–water partition coefficient (Wildman–Crippen LogP) is 1.96. The number of carbonyl (C=O) groups excluding carboxylic acids is 1. The minimum absolute atomic E-state index is 0.00600. The monoisotopic (exact) mass is 283 g/mol. The molecular formula is C14H21NO3S. The van der Waals surface area contributed by atoms with Gasteiger partial charge in [0, 0.05) is 12.5 Å². The lowest BCUT2D eigenvalue weighted by Crippen LogP contribution is -2.35. The molecule has 0 heterocycles. The molecule has 0 aliphatic rings. The van der Waals surface area contributed by atoms with Gasteiger partial charge in [0.05, 0.1) is 4.90 Å². The number of benzene rings is 1. The van der Waals surface area contributed by atoms with Crippen LogP contribution in [-0.2, 0) is 22.0 Å². The minimum Gasteiger partial charge on any atom is -0.352 e. The summed E-state index contributed by atoms with van der Waals surface area (Å²) in [5, 5.41) is 2.86. The quantitative estimate of drug-likeness (QED) is 0.830. The van der Waals surface area contributed by atoms with Gasteiger partial charge in [-0.05, 0) is 23.1 Å². The van der Waals surface area contributed by atoms with E-state index in [1.165, 1.54) is 0 Å². The van der Waals surface area contributed by atoms with Gasteiger partial charge in [0.15, 0.2) is 10.7 Å². The highest BCUT2D eigenvalue weighted by Gasteiger charge is 2.26. The Morgan fingerprint density at radius 1 is 1.21 bits per heavy atom. The summed E-state index contributed by atoms with van der Waals surface area (Å²) < 4.78 is 21.5. The highest BCUT2D eigenvalue weighted by Crippen LogP contribution is 2.25. The number of amides is 1. The van der Waals surface area contributed by atoms with Crippen molar-refractivity contribution in [3.8, 4) is 0 Å². The highest BCUT2D eigenvalue weighted by molar-refractivity contribution is 7.72. The lowest BCUT2D eigenvalue weighted by Gasteiger charge is -2.26. The molecule has 1 unspecified atom stereocenters. The fourth-order valence-electron chi connectivity index (χ4n) is 1.47. The number of thiol groups is 1. The van der Waals surface area contributed by atoms with Crippen LogP contribution < -0.4 is 5.32 Å². The highest BCUT2D eigenvalue weighted by atomic mass is 32.2. The van der Waals surface area contributed by atoms with E-state index in [4.69, 9.17) is 0 Å². The maximum atomic E-state index is 11.9. The standard InChI is InChI=1S/C14H21NO3S/c1-10(14(2,3)4)13(16)15-9-11-5-7-12(8-6-11)19(17)18/h5-8,10,19H,9H2,1-4H3,(H,15,16). The summed E-state index contributed by atoms with van der Waals surface area (Å²) in [7, 11) is -2.54. The Hall–Kier alpha value is -1.36. The van der Waals surface area contributed by atoms with Crippen LogP contribution in [0.5, 0.6) is 0 Å². The number of hydrogen-bond acceptors (Lipinski definition) is 3. The van der Waals surface area contributed by atoms with Crippen LogP contribution >= 0.6 is 0 Å². The molecule has 5 heteroatoms. The van der Waals surface area contributed by atoms with Gasteiger partial charge in [-0.3, -0.25) is 4.79 Å². The van der Waals surface area contributed by atoms with Crippen molar-refractivity contribution in [2.75, 3.05) is 0 Å². The lowest BCUT2D eigenvalue weighted by atomic mass is 9.81. The fraction of sp³-hybridized carbons (Fsp3) is 0.500. The molecule has 0 fully saturated rings. The molecule has 0 radical (unpaired) electrons. The van der Waals surface area contributed by atoms with E-state index in [2.05, 4.69) is 5.32 Å². The van der Waals surface area contributed by atoms with Crippen molar-refractivity contribution in [1.29, 1.82) is 0 Å². The average molecular weight is 283 g/mol. The zero-order valence-corrected chi connectivity index (χ0v) is 12.7. The zero-order chi connectivity index (χ0) is 14.6. The molecule has 19 heavy (non-hydrogen) atoms. The molecule has 0 bridgehead atoms. The molecule has 0 saturated heterocycles. The smallest absolute Gasteiger partial charge is 0.223 e. The van der Waals surface area contributed by atoms with E-state index >= 15 is 0 Å². The summed E-state index contributed by atoms with van der Waals surface area (Å²) in [6.07, 6.45) is 0. The molecule has 1 aromatic carbocycles. The second-order valence-electron chi connectivity index (χ2n) is 5.73. The second-order valence-corrected chi connectivity index (χ2v) is 6.76. The van der Waals surface area contributed by atoms with E-state index < -0.39 is 10.7 Å². The number of rotatable bonds is 4. The van der Waals surface area contributed by atoms with Crippen molar-refractivity contribution in [2.24, 2.45) is 11.3 Å². The number of hydrogen-bond donors (Lipinski definition) is 2. The van der Waals surface area contributed by atoms with Gasteiger partial charge in [-0.1, -0.05) is 39.8 Å². The summed E-state index contributed by atoms with van der Waals surface area (Å²) in [6.45, 7) is 8.39. The van der Waals surface area contributed by atoms with Crippen LogP contribution in [0.25, 0.3) is 0 Å². The molecular weight excluding hydrogens is 262 g/mol.